The molecule has 0 aliphatic carbocycles. The number of nitrogens with zero attached hydrogens (tertiary/aromatic N) is 1. The number of hydrogen-bond donors (Lipinski definition) is 2. The molecule has 0 bridgehead atoms. The van der Waals surface area contributed by atoms with Gasteiger partial charge in [0.15, 0.2) is 5.72 Å². The number of carbonyl (C=O) groups is 1. The molecule has 6 heteroatoms. The van der Waals surface area contributed by atoms with Gasteiger partial charge in [0.25, 0.3) is 5.91 Å². The summed E-state index contributed by atoms with van der Waals surface area (Å²) in [5, 5.41) is 1.31. The standard InChI is InChI=1S/C17H17N3O2S/c1-17(19-18-16(23)13-8-4-2-5-9-13)12-15(21)20(22-17)14-10-6-3-7-11-14/h2-11,19H,12H2,1H3,(H,18,23)/t17-/m1/s1. The van der Waals surface area contributed by atoms with E-state index in [2.05, 4.69) is 10.9 Å². The molecule has 1 saturated heterocycles. The zero-order valence-corrected chi connectivity index (χ0v) is 13.5. The quantitative estimate of drug-likeness (QED) is 0.668. The Labute approximate surface area is 140 Å². The highest BCUT2D eigenvalue weighted by molar-refractivity contribution is 7.80. The van der Waals surface area contributed by atoms with Gasteiger partial charge >= 0.3 is 0 Å². The Hall–Kier alpha value is -2.28. The first-order valence-corrected chi connectivity index (χ1v) is 7.68. The Morgan fingerprint density at radius 3 is 2.39 bits per heavy atom. The molecule has 23 heavy (non-hydrogen) atoms. The van der Waals surface area contributed by atoms with E-state index < -0.39 is 5.72 Å². The molecular weight excluding hydrogens is 310 g/mol. The summed E-state index contributed by atoms with van der Waals surface area (Å²) in [7, 11) is 0. The number of amides is 1. The minimum absolute atomic E-state index is 0.112. The molecule has 3 rings (SSSR count). The smallest absolute Gasteiger partial charge is 0.255 e. The molecule has 0 radical (unpaired) electrons. The molecule has 1 heterocycles. The fourth-order valence-electron chi connectivity index (χ4n) is 2.32. The van der Waals surface area contributed by atoms with Crippen molar-refractivity contribution < 1.29 is 9.63 Å². The molecule has 5 nitrogen and oxygen atoms in total. The summed E-state index contributed by atoms with van der Waals surface area (Å²) in [5.74, 6) is -0.112. The van der Waals surface area contributed by atoms with E-state index in [-0.39, 0.29) is 12.3 Å². The summed E-state index contributed by atoms with van der Waals surface area (Å²) in [6.45, 7) is 1.80. The molecule has 2 aromatic carbocycles. The van der Waals surface area contributed by atoms with Gasteiger partial charge in [-0.2, -0.15) is 5.06 Å². The number of thiocarbonyl (C=S) groups is 1. The van der Waals surface area contributed by atoms with Crippen LogP contribution in [0.5, 0.6) is 0 Å². The number of anilines is 1. The van der Waals surface area contributed by atoms with Gasteiger partial charge in [-0.1, -0.05) is 60.7 Å². The lowest BCUT2D eigenvalue weighted by Gasteiger charge is -2.26. The van der Waals surface area contributed by atoms with Crippen LogP contribution in [0.3, 0.4) is 0 Å². The maximum Gasteiger partial charge on any atom is 0.255 e. The summed E-state index contributed by atoms with van der Waals surface area (Å²) >= 11 is 5.33. The van der Waals surface area contributed by atoms with Gasteiger partial charge in [0.05, 0.1) is 12.1 Å². The van der Waals surface area contributed by atoms with Crippen molar-refractivity contribution in [1.82, 2.24) is 10.9 Å². The number of hydrogen-bond acceptors (Lipinski definition) is 4. The minimum Gasteiger partial charge on any atom is -0.309 e. The molecule has 0 aromatic heterocycles. The molecule has 1 amide bonds. The molecule has 1 aliphatic heterocycles. The number of hydrazine groups is 1. The highest BCUT2D eigenvalue weighted by Crippen LogP contribution is 2.28. The van der Waals surface area contributed by atoms with Crippen molar-refractivity contribution in [2.24, 2.45) is 0 Å². The van der Waals surface area contributed by atoms with Gasteiger partial charge < -0.3 is 5.43 Å². The molecule has 2 aromatic rings. The van der Waals surface area contributed by atoms with E-state index in [1.54, 1.807) is 6.92 Å². The highest BCUT2D eigenvalue weighted by Gasteiger charge is 2.42. The second-order valence-electron chi connectivity index (χ2n) is 5.47. The minimum atomic E-state index is -0.869. The summed E-state index contributed by atoms with van der Waals surface area (Å²) in [4.78, 5) is 18.5. The summed E-state index contributed by atoms with van der Waals surface area (Å²) in [6.07, 6.45) is 0.201. The van der Waals surface area contributed by atoms with Crippen LogP contribution in [0.4, 0.5) is 5.69 Å². The summed E-state index contributed by atoms with van der Waals surface area (Å²) < 4.78 is 0. The normalized spacial score (nSPS) is 20.6. The number of benzene rings is 2. The molecule has 1 aliphatic rings. The van der Waals surface area contributed by atoms with Gasteiger partial charge in [-0.3, -0.25) is 4.79 Å². The van der Waals surface area contributed by atoms with Crippen LogP contribution in [0.1, 0.15) is 18.9 Å². The third-order valence-electron chi connectivity index (χ3n) is 3.47. The lowest BCUT2D eigenvalue weighted by atomic mass is 10.2. The predicted octanol–water partition coefficient (Wildman–Crippen LogP) is 2.54. The first-order valence-electron chi connectivity index (χ1n) is 7.27. The van der Waals surface area contributed by atoms with Crippen molar-refractivity contribution >= 4 is 28.8 Å². The van der Waals surface area contributed by atoms with Crippen molar-refractivity contribution in [2.75, 3.05) is 5.06 Å². The highest BCUT2D eigenvalue weighted by atomic mass is 32.1. The van der Waals surface area contributed by atoms with Crippen molar-refractivity contribution in [1.29, 1.82) is 0 Å². The zero-order chi connectivity index (χ0) is 16.3. The Balaban J connectivity index is 1.64. The first kappa shape index (κ1) is 15.6. The third kappa shape index (κ3) is 3.56. The zero-order valence-electron chi connectivity index (χ0n) is 12.7. The third-order valence-corrected chi connectivity index (χ3v) is 3.81. The molecular formula is C17H17N3O2S. The molecule has 118 valence electrons. The van der Waals surface area contributed by atoms with Crippen molar-refractivity contribution in [3.05, 3.63) is 66.2 Å². The second-order valence-corrected chi connectivity index (χ2v) is 5.88. The Morgan fingerprint density at radius 2 is 1.74 bits per heavy atom. The average Bonchev–Trinajstić information content (AvgIpc) is 2.89. The van der Waals surface area contributed by atoms with Crippen molar-refractivity contribution in [2.45, 2.75) is 19.1 Å². The van der Waals surface area contributed by atoms with Crippen LogP contribution in [-0.4, -0.2) is 16.6 Å². The monoisotopic (exact) mass is 327 g/mol. The van der Waals surface area contributed by atoms with E-state index in [0.29, 0.717) is 10.7 Å². The van der Waals surface area contributed by atoms with Crippen LogP contribution in [0, 0.1) is 0 Å². The fourth-order valence-corrected chi connectivity index (χ4v) is 2.51. The van der Waals surface area contributed by atoms with Crippen molar-refractivity contribution in [3.8, 4) is 0 Å². The molecule has 1 fully saturated rings. The first-order chi connectivity index (χ1) is 11.1. The van der Waals surface area contributed by atoms with Crippen LogP contribution in [-0.2, 0) is 9.63 Å². The van der Waals surface area contributed by atoms with Gasteiger partial charge in [-0.25, -0.2) is 10.3 Å². The van der Waals surface area contributed by atoms with E-state index in [1.807, 2.05) is 60.7 Å². The lowest BCUT2D eigenvalue weighted by molar-refractivity contribution is -0.119. The summed E-state index contributed by atoms with van der Waals surface area (Å²) in [6, 6.07) is 18.8. The number of nitrogens with one attached hydrogen (secondary N) is 2. The second kappa shape index (κ2) is 6.45. The number of para-hydroxylation sites is 1. The SMILES string of the molecule is C[C@]1(NNC(=S)c2ccccc2)CC(=O)N(c2ccccc2)O1. The number of carbonyl (C=O) groups excluding carboxylic acids is 1. The fraction of sp³-hybridized carbons (Fsp3) is 0.176. The Bertz CT molecular complexity index is 708. The van der Waals surface area contributed by atoms with E-state index in [1.165, 1.54) is 5.06 Å². The van der Waals surface area contributed by atoms with E-state index >= 15 is 0 Å². The van der Waals surface area contributed by atoms with Gasteiger partial charge in [-0.05, 0) is 19.1 Å². The van der Waals surface area contributed by atoms with Gasteiger partial charge in [0, 0.05) is 5.56 Å². The molecule has 0 saturated carbocycles. The number of rotatable bonds is 4. The average molecular weight is 327 g/mol. The maximum atomic E-state index is 12.2. The summed E-state index contributed by atoms with van der Waals surface area (Å²) in [5.41, 5.74) is 6.69. The van der Waals surface area contributed by atoms with E-state index in [0.717, 1.165) is 5.56 Å². The van der Waals surface area contributed by atoms with Crippen LogP contribution in [0.25, 0.3) is 0 Å². The van der Waals surface area contributed by atoms with Crippen LogP contribution in [0.2, 0.25) is 0 Å². The van der Waals surface area contributed by atoms with Crippen LogP contribution in [0.15, 0.2) is 60.7 Å². The van der Waals surface area contributed by atoms with E-state index in [9.17, 15) is 4.79 Å². The topological polar surface area (TPSA) is 53.6 Å². The lowest BCUT2D eigenvalue weighted by Crippen LogP contribution is -2.52. The number of hydroxylamine groups is 1. The maximum absolute atomic E-state index is 12.2. The molecule has 0 unspecified atom stereocenters. The Kier molecular flexibility index (Phi) is 4.38. The predicted molar refractivity (Wildman–Crippen MR) is 92.4 cm³/mol. The van der Waals surface area contributed by atoms with Crippen molar-refractivity contribution in [3.63, 3.8) is 0 Å². The van der Waals surface area contributed by atoms with Gasteiger partial charge in [0.1, 0.15) is 4.99 Å². The van der Waals surface area contributed by atoms with E-state index in [4.69, 9.17) is 17.1 Å². The van der Waals surface area contributed by atoms with Crippen LogP contribution < -0.4 is 15.9 Å². The molecule has 2 N–H and O–H groups in total. The largest absolute Gasteiger partial charge is 0.309 e. The Morgan fingerprint density at radius 1 is 1.13 bits per heavy atom. The van der Waals surface area contributed by atoms with Crippen LogP contribution >= 0.6 is 12.2 Å². The van der Waals surface area contributed by atoms with Gasteiger partial charge in [0.2, 0.25) is 0 Å². The molecule has 0 spiro atoms. The van der Waals surface area contributed by atoms with Gasteiger partial charge in [-0.15, -0.1) is 0 Å². The molecule has 1 atom stereocenters.